The molecule has 0 aromatic carbocycles. The Morgan fingerprint density at radius 3 is 2.71 bits per heavy atom. The Kier molecular flexibility index (Phi) is 3.01. The van der Waals surface area contributed by atoms with Crippen LogP contribution in [0.5, 0.6) is 0 Å². The SMILES string of the molecule is C=C(C)C(=O)OC12C3CCCC4(CCCCC41)C2CCO3. The smallest absolute Gasteiger partial charge is 0.333 e. The summed E-state index contributed by atoms with van der Waals surface area (Å²) in [5.74, 6) is 0.844. The quantitative estimate of drug-likeness (QED) is 0.575. The van der Waals surface area contributed by atoms with Crippen LogP contribution in [0.2, 0.25) is 0 Å². The second kappa shape index (κ2) is 4.58. The number of carbonyl (C=O) groups excluding carboxylic acids is 1. The standard InChI is InChI=1S/C18H26O3/c1-12(2)16(19)21-18-13-6-3-4-9-17(13)10-5-7-15(18)20-11-8-14(17)18/h13-15H,1,3-11H2,2H3. The van der Waals surface area contributed by atoms with E-state index in [4.69, 9.17) is 9.47 Å². The Morgan fingerprint density at radius 2 is 1.90 bits per heavy atom. The minimum Gasteiger partial charge on any atom is -0.452 e. The third-order valence-corrected chi connectivity index (χ3v) is 6.82. The van der Waals surface area contributed by atoms with E-state index in [-0.39, 0.29) is 17.7 Å². The fourth-order valence-electron chi connectivity index (χ4n) is 6.23. The zero-order chi connectivity index (χ0) is 14.7. The van der Waals surface area contributed by atoms with E-state index in [2.05, 4.69) is 6.58 Å². The number of carbonyl (C=O) groups is 1. The first-order valence-corrected chi connectivity index (χ1v) is 8.62. The molecule has 5 atom stereocenters. The van der Waals surface area contributed by atoms with Gasteiger partial charge in [0.2, 0.25) is 0 Å². The van der Waals surface area contributed by atoms with E-state index in [1.165, 1.54) is 38.5 Å². The molecule has 3 heteroatoms. The van der Waals surface area contributed by atoms with Crippen LogP contribution in [-0.2, 0) is 14.3 Å². The number of rotatable bonds is 2. The lowest BCUT2D eigenvalue weighted by atomic mass is 9.38. The second-order valence-corrected chi connectivity index (χ2v) is 7.65. The van der Waals surface area contributed by atoms with Gasteiger partial charge in [-0.05, 0) is 44.4 Å². The molecular formula is C18H26O3. The van der Waals surface area contributed by atoms with E-state index < -0.39 is 0 Å². The van der Waals surface area contributed by atoms with Crippen LogP contribution >= 0.6 is 0 Å². The van der Waals surface area contributed by atoms with Gasteiger partial charge in [0.1, 0.15) is 5.60 Å². The first-order chi connectivity index (χ1) is 10.1. The van der Waals surface area contributed by atoms with Crippen LogP contribution in [0, 0.1) is 17.3 Å². The Morgan fingerprint density at radius 1 is 1.14 bits per heavy atom. The summed E-state index contributed by atoms with van der Waals surface area (Å²) in [4.78, 5) is 12.3. The third kappa shape index (κ3) is 1.61. The molecular weight excluding hydrogens is 264 g/mol. The van der Waals surface area contributed by atoms with E-state index in [0.717, 1.165) is 19.4 Å². The summed E-state index contributed by atoms with van der Waals surface area (Å²) in [6, 6.07) is 0. The third-order valence-electron chi connectivity index (χ3n) is 6.82. The second-order valence-electron chi connectivity index (χ2n) is 7.65. The fraction of sp³-hybridized carbons (Fsp3) is 0.833. The number of hydrogen-bond acceptors (Lipinski definition) is 3. The molecule has 5 fully saturated rings. The van der Waals surface area contributed by atoms with Crippen molar-refractivity contribution < 1.29 is 14.3 Å². The van der Waals surface area contributed by atoms with Gasteiger partial charge in [0.15, 0.2) is 0 Å². The largest absolute Gasteiger partial charge is 0.452 e. The first-order valence-electron chi connectivity index (χ1n) is 8.62. The van der Waals surface area contributed by atoms with Crippen LogP contribution in [0.4, 0.5) is 0 Å². The highest BCUT2D eigenvalue weighted by Gasteiger charge is 2.76. The van der Waals surface area contributed by atoms with Gasteiger partial charge in [0, 0.05) is 24.0 Å². The fourth-order valence-corrected chi connectivity index (χ4v) is 6.23. The maximum absolute atomic E-state index is 12.3. The van der Waals surface area contributed by atoms with E-state index in [1.54, 1.807) is 6.92 Å². The average molecular weight is 290 g/mol. The summed E-state index contributed by atoms with van der Waals surface area (Å²) in [7, 11) is 0. The minimum absolute atomic E-state index is 0.123. The Bertz CT molecular complexity index is 471. The van der Waals surface area contributed by atoms with Crippen molar-refractivity contribution in [3.63, 3.8) is 0 Å². The van der Waals surface area contributed by atoms with Gasteiger partial charge in [-0.2, -0.15) is 0 Å². The van der Waals surface area contributed by atoms with Gasteiger partial charge in [-0.25, -0.2) is 4.79 Å². The molecule has 4 saturated carbocycles. The zero-order valence-electron chi connectivity index (χ0n) is 13.0. The molecule has 1 heterocycles. The van der Waals surface area contributed by atoms with E-state index in [1.807, 2.05) is 0 Å². The lowest BCUT2D eigenvalue weighted by Gasteiger charge is -2.71. The molecule has 0 aromatic rings. The van der Waals surface area contributed by atoms with Crippen molar-refractivity contribution in [2.24, 2.45) is 17.3 Å². The number of fused-ring (bicyclic) bond motifs is 2. The van der Waals surface area contributed by atoms with Crippen LogP contribution in [0.15, 0.2) is 12.2 Å². The normalized spacial score (nSPS) is 47.6. The molecule has 4 bridgehead atoms. The van der Waals surface area contributed by atoms with Crippen LogP contribution in [-0.4, -0.2) is 24.3 Å². The number of esters is 1. The predicted molar refractivity (Wildman–Crippen MR) is 79.7 cm³/mol. The molecule has 1 aliphatic heterocycles. The summed E-state index contributed by atoms with van der Waals surface area (Å²) in [6.45, 7) is 6.37. The molecule has 0 radical (unpaired) electrons. The van der Waals surface area contributed by atoms with Crippen LogP contribution < -0.4 is 0 Å². The van der Waals surface area contributed by atoms with E-state index in [0.29, 0.717) is 22.8 Å². The van der Waals surface area contributed by atoms with Crippen LogP contribution in [0.3, 0.4) is 0 Å². The molecule has 116 valence electrons. The molecule has 1 spiro atoms. The van der Waals surface area contributed by atoms with Crippen molar-refractivity contribution in [2.45, 2.75) is 70.0 Å². The summed E-state index contributed by atoms with van der Waals surface area (Å²) < 4.78 is 12.3. The highest BCUT2D eigenvalue weighted by Crippen LogP contribution is 2.73. The highest BCUT2D eigenvalue weighted by molar-refractivity contribution is 5.87. The zero-order valence-corrected chi connectivity index (χ0v) is 13.0. The topological polar surface area (TPSA) is 35.5 Å². The Hall–Kier alpha value is -0.830. The lowest BCUT2D eigenvalue weighted by molar-refractivity contribution is -0.332. The Labute approximate surface area is 127 Å². The van der Waals surface area contributed by atoms with Crippen molar-refractivity contribution in [2.75, 3.05) is 6.61 Å². The molecule has 5 aliphatic rings. The number of ether oxygens (including phenoxy) is 2. The van der Waals surface area contributed by atoms with Gasteiger partial charge in [0.25, 0.3) is 0 Å². The maximum Gasteiger partial charge on any atom is 0.333 e. The van der Waals surface area contributed by atoms with Gasteiger partial charge < -0.3 is 9.47 Å². The molecule has 0 amide bonds. The van der Waals surface area contributed by atoms with Crippen molar-refractivity contribution in [1.29, 1.82) is 0 Å². The van der Waals surface area contributed by atoms with Crippen molar-refractivity contribution in [3.05, 3.63) is 12.2 Å². The van der Waals surface area contributed by atoms with Gasteiger partial charge >= 0.3 is 5.97 Å². The van der Waals surface area contributed by atoms with Crippen molar-refractivity contribution in [1.82, 2.24) is 0 Å². The summed E-state index contributed by atoms with van der Waals surface area (Å²) >= 11 is 0. The molecule has 0 aromatic heterocycles. The highest BCUT2D eigenvalue weighted by atomic mass is 16.6. The van der Waals surface area contributed by atoms with Gasteiger partial charge in [-0.15, -0.1) is 0 Å². The maximum atomic E-state index is 12.3. The lowest BCUT2D eigenvalue weighted by Crippen LogP contribution is -2.76. The minimum atomic E-state index is -0.328. The van der Waals surface area contributed by atoms with Crippen molar-refractivity contribution in [3.8, 4) is 0 Å². The molecule has 1 saturated heterocycles. The molecule has 21 heavy (non-hydrogen) atoms. The molecule has 5 unspecified atom stereocenters. The summed E-state index contributed by atoms with van der Waals surface area (Å²) in [5, 5.41) is 0. The molecule has 0 N–H and O–H groups in total. The summed E-state index contributed by atoms with van der Waals surface area (Å²) in [5.41, 5.74) is 0.636. The molecule has 3 nitrogen and oxygen atoms in total. The van der Waals surface area contributed by atoms with Crippen LogP contribution in [0.1, 0.15) is 58.3 Å². The molecule has 4 aliphatic carbocycles. The van der Waals surface area contributed by atoms with Gasteiger partial charge in [-0.3, -0.25) is 0 Å². The Balaban J connectivity index is 1.75. The van der Waals surface area contributed by atoms with E-state index >= 15 is 0 Å². The van der Waals surface area contributed by atoms with Crippen molar-refractivity contribution >= 4 is 5.97 Å². The monoisotopic (exact) mass is 290 g/mol. The first kappa shape index (κ1) is 13.8. The number of hydrogen-bond donors (Lipinski definition) is 0. The van der Waals surface area contributed by atoms with Gasteiger partial charge in [0.05, 0.1) is 6.10 Å². The van der Waals surface area contributed by atoms with E-state index in [9.17, 15) is 4.79 Å². The molecule has 5 rings (SSSR count). The van der Waals surface area contributed by atoms with Crippen LogP contribution in [0.25, 0.3) is 0 Å². The predicted octanol–water partition coefficient (Wildman–Crippen LogP) is 3.62. The summed E-state index contributed by atoms with van der Waals surface area (Å²) in [6.07, 6.45) is 9.95. The average Bonchev–Trinajstić information content (AvgIpc) is 2.63. The van der Waals surface area contributed by atoms with Gasteiger partial charge in [-0.1, -0.05) is 25.8 Å².